The Morgan fingerprint density at radius 3 is 2.76 bits per heavy atom. The molecule has 0 saturated carbocycles. The Hall–Kier alpha value is -3.63. The largest absolute Gasteiger partial charge is 0.374 e. The summed E-state index contributed by atoms with van der Waals surface area (Å²) in [7, 11) is 0. The van der Waals surface area contributed by atoms with Gasteiger partial charge in [-0.1, -0.05) is 24.3 Å². The van der Waals surface area contributed by atoms with Crippen LogP contribution in [0.15, 0.2) is 49.1 Å². The summed E-state index contributed by atoms with van der Waals surface area (Å²) in [5.41, 5.74) is 6.45. The predicted octanol–water partition coefficient (Wildman–Crippen LogP) is 1.47. The van der Waals surface area contributed by atoms with Gasteiger partial charge in [-0.2, -0.15) is 20.5 Å². The van der Waals surface area contributed by atoms with Crippen LogP contribution in [0.3, 0.4) is 0 Å². The first-order valence-electron chi connectivity index (χ1n) is 11.2. The summed E-state index contributed by atoms with van der Waals surface area (Å²) < 4.78 is 1.75. The van der Waals surface area contributed by atoms with E-state index in [1.54, 1.807) is 17.1 Å². The molecule has 0 saturated heterocycles. The standard InChI is InChI=1S/C23H25N9O/c33-22(18-10-26-32(13-18)14-20-11-25-30-29-20)31-6-5-21-17(12-31)9-24-23(28-21)27-19-7-15-3-1-2-4-16(15)8-19/h1-4,9-11,13,19,22,33H,5-8,12,14H2,(H,24,27,28)(H,25,29,30). The Balaban J connectivity index is 1.10. The molecule has 1 aliphatic heterocycles. The molecule has 0 fully saturated rings. The van der Waals surface area contributed by atoms with E-state index in [1.807, 2.05) is 17.3 Å². The maximum absolute atomic E-state index is 10.9. The van der Waals surface area contributed by atoms with E-state index in [9.17, 15) is 5.11 Å². The molecule has 1 atom stereocenters. The van der Waals surface area contributed by atoms with Crippen LogP contribution < -0.4 is 5.32 Å². The molecule has 6 rings (SSSR count). The number of aromatic nitrogens is 7. The third-order valence-corrected chi connectivity index (χ3v) is 6.43. The van der Waals surface area contributed by atoms with Gasteiger partial charge in [0.25, 0.3) is 0 Å². The van der Waals surface area contributed by atoms with Gasteiger partial charge in [-0.05, 0) is 24.0 Å². The lowest BCUT2D eigenvalue weighted by Crippen LogP contribution is -2.35. The summed E-state index contributed by atoms with van der Waals surface area (Å²) >= 11 is 0. The van der Waals surface area contributed by atoms with Gasteiger partial charge in [0.1, 0.15) is 11.9 Å². The van der Waals surface area contributed by atoms with Crippen molar-refractivity contribution < 1.29 is 5.11 Å². The number of rotatable bonds is 6. The summed E-state index contributed by atoms with van der Waals surface area (Å²) in [5, 5.41) is 29.2. The minimum absolute atomic E-state index is 0.330. The van der Waals surface area contributed by atoms with Crippen molar-refractivity contribution in [3.05, 3.63) is 82.7 Å². The van der Waals surface area contributed by atoms with E-state index in [0.717, 1.165) is 41.8 Å². The molecule has 10 heteroatoms. The summed E-state index contributed by atoms with van der Waals surface area (Å²) in [4.78, 5) is 11.4. The summed E-state index contributed by atoms with van der Waals surface area (Å²) in [5.74, 6) is 0.690. The molecule has 0 amide bonds. The van der Waals surface area contributed by atoms with Gasteiger partial charge >= 0.3 is 0 Å². The molecule has 4 heterocycles. The Labute approximate surface area is 190 Å². The van der Waals surface area contributed by atoms with Crippen LogP contribution >= 0.6 is 0 Å². The number of H-pyrrole nitrogens is 1. The summed E-state index contributed by atoms with van der Waals surface area (Å²) in [6.07, 6.45) is 9.12. The number of aliphatic hydroxyl groups excluding tert-OH is 1. The lowest BCUT2D eigenvalue weighted by Gasteiger charge is -2.31. The number of benzene rings is 1. The second-order valence-electron chi connectivity index (χ2n) is 8.71. The van der Waals surface area contributed by atoms with Crippen LogP contribution in [0.2, 0.25) is 0 Å². The molecular formula is C23H25N9O. The summed E-state index contributed by atoms with van der Waals surface area (Å²) in [6.45, 7) is 1.82. The molecular weight excluding hydrogens is 418 g/mol. The molecule has 3 aromatic heterocycles. The fourth-order valence-electron chi connectivity index (χ4n) is 4.74. The van der Waals surface area contributed by atoms with Gasteiger partial charge in [0, 0.05) is 49.1 Å². The molecule has 1 aromatic carbocycles. The van der Waals surface area contributed by atoms with Crippen molar-refractivity contribution in [1.82, 2.24) is 40.1 Å². The van der Waals surface area contributed by atoms with E-state index in [-0.39, 0.29) is 0 Å². The average Bonchev–Trinajstić information content (AvgIpc) is 3.59. The molecule has 0 bridgehead atoms. The number of hydrogen-bond donors (Lipinski definition) is 3. The van der Waals surface area contributed by atoms with Gasteiger partial charge in [0.2, 0.25) is 5.95 Å². The number of nitrogens with zero attached hydrogens (tertiary/aromatic N) is 7. The average molecular weight is 444 g/mol. The first-order chi connectivity index (χ1) is 16.2. The van der Waals surface area contributed by atoms with Gasteiger partial charge in [-0.3, -0.25) is 9.58 Å². The van der Waals surface area contributed by atoms with Crippen LogP contribution in [0.4, 0.5) is 5.95 Å². The second-order valence-corrected chi connectivity index (χ2v) is 8.71. The van der Waals surface area contributed by atoms with Gasteiger partial charge in [-0.15, -0.1) is 0 Å². The van der Waals surface area contributed by atoms with Gasteiger partial charge in [0.15, 0.2) is 0 Å². The molecule has 4 aromatic rings. The second kappa shape index (κ2) is 8.38. The van der Waals surface area contributed by atoms with Crippen molar-refractivity contribution >= 4 is 5.95 Å². The minimum atomic E-state index is -0.737. The SMILES string of the molecule is OC(c1cnn(Cc2cn[nH]n2)c1)N1CCc2nc(NC3Cc4ccccc4C3)ncc2C1. The van der Waals surface area contributed by atoms with Gasteiger partial charge < -0.3 is 10.4 Å². The maximum Gasteiger partial charge on any atom is 0.223 e. The Morgan fingerprint density at radius 2 is 1.97 bits per heavy atom. The molecule has 168 valence electrons. The molecule has 33 heavy (non-hydrogen) atoms. The van der Waals surface area contributed by atoms with E-state index in [1.165, 1.54) is 11.1 Å². The third-order valence-electron chi connectivity index (χ3n) is 6.43. The highest BCUT2D eigenvalue weighted by Gasteiger charge is 2.26. The molecule has 3 N–H and O–H groups in total. The zero-order chi connectivity index (χ0) is 22.2. The molecule has 10 nitrogen and oxygen atoms in total. The van der Waals surface area contributed by atoms with Crippen molar-refractivity contribution in [2.24, 2.45) is 0 Å². The number of aromatic amines is 1. The smallest absolute Gasteiger partial charge is 0.223 e. The van der Waals surface area contributed by atoms with Crippen LogP contribution in [0.25, 0.3) is 0 Å². The van der Waals surface area contributed by atoms with E-state index in [0.29, 0.717) is 31.6 Å². The van der Waals surface area contributed by atoms with Crippen molar-refractivity contribution in [3.63, 3.8) is 0 Å². The van der Waals surface area contributed by atoms with Crippen LogP contribution in [-0.4, -0.2) is 57.8 Å². The lowest BCUT2D eigenvalue weighted by molar-refractivity contribution is -0.00832. The normalized spacial score (nSPS) is 17.0. The quantitative estimate of drug-likeness (QED) is 0.410. The highest BCUT2D eigenvalue weighted by atomic mass is 16.3. The van der Waals surface area contributed by atoms with Crippen molar-refractivity contribution in [3.8, 4) is 0 Å². The van der Waals surface area contributed by atoms with Gasteiger partial charge in [-0.25, -0.2) is 9.97 Å². The predicted molar refractivity (Wildman–Crippen MR) is 120 cm³/mol. The number of fused-ring (bicyclic) bond motifs is 2. The van der Waals surface area contributed by atoms with Gasteiger partial charge in [0.05, 0.1) is 24.6 Å². The van der Waals surface area contributed by atoms with Crippen molar-refractivity contribution in [2.45, 2.75) is 44.6 Å². The number of anilines is 1. The highest BCUT2D eigenvalue weighted by Crippen LogP contribution is 2.27. The Morgan fingerprint density at radius 1 is 1.12 bits per heavy atom. The van der Waals surface area contributed by atoms with E-state index in [4.69, 9.17) is 4.98 Å². The molecule has 0 spiro atoms. The maximum atomic E-state index is 10.9. The zero-order valence-electron chi connectivity index (χ0n) is 18.1. The monoisotopic (exact) mass is 443 g/mol. The Bertz CT molecular complexity index is 1230. The number of hydrogen-bond acceptors (Lipinski definition) is 8. The van der Waals surface area contributed by atoms with E-state index in [2.05, 4.69) is 55.1 Å². The first-order valence-corrected chi connectivity index (χ1v) is 11.2. The van der Waals surface area contributed by atoms with Crippen LogP contribution in [-0.2, 0) is 32.4 Å². The summed E-state index contributed by atoms with van der Waals surface area (Å²) in [6, 6.07) is 8.92. The van der Waals surface area contributed by atoms with Crippen LogP contribution in [0.5, 0.6) is 0 Å². The molecule has 0 radical (unpaired) electrons. The first kappa shape index (κ1) is 20.0. The highest BCUT2D eigenvalue weighted by molar-refractivity contribution is 5.39. The lowest BCUT2D eigenvalue weighted by atomic mass is 10.1. The molecule has 1 unspecified atom stereocenters. The molecule has 1 aliphatic carbocycles. The van der Waals surface area contributed by atoms with E-state index < -0.39 is 6.23 Å². The number of nitrogens with one attached hydrogen (secondary N) is 2. The van der Waals surface area contributed by atoms with Crippen LogP contribution in [0.1, 0.15) is 39.9 Å². The zero-order valence-corrected chi connectivity index (χ0v) is 18.1. The number of aliphatic hydroxyl groups is 1. The Kier molecular flexibility index (Phi) is 5.08. The van der Waals surface area contributed by atoms with E-state index >= 15 is 0 Å². The third kappa shape index (κ3) is 4.10. The topological polar surface area (TPSA) is 121 Å². The fraction of sp³-hybridized carbons (Fsp3) is 0.348. The minimum Gasteiger partial charge on any atom is -0.374 e. The molecule has 2 aliphatic rings. The van der Waals surface area contributed by atoms with Crippen LogP contribution in [0, 0.1) is 0 Å². The van der Waals surface area contributed by atoms with Crippen molar-refractivity contribution in [1.29, 1.82) is 0 Å². The van der Waals surface area contributed by atoms with Crippen molar-refractivity contribution in [2.75, 3.05) is 11.9 Å². The fourth-order valence-corrected chi connectivity index (χ4v) is 4.74.